The van der Waals surface area contributed by atoms with Gasteiger partial charge in [-0.15, -0.1) is 0 Å². The number of benzene rings is 3. The molecule has 29 heavy (non-hydrogen) atoms. The average molecular weight is 399 g/mol. The second-order valence-corrected chi connectivity index (χ2v) is 5.66. The van der Waals surface area contributed by atoms with Gasteiger partial charge in [0.15, 0.2) is 5.69 Å². The zero-order chi connectivity index (χ0) is 21.3. The van der Waals surface area contributed by atoms with E-state index in [-0.39, 0.29) is 16.5 Å². The van der Waals surface area contributed by atoms with Crippen LogP contribution in [0.5, 0.6) is 0 Å². The van der Waals surface area contributed by atoms with Crippen LogP contribution in [0, 0.1) is 40.5 Å². The maximum absolute atomic E-state index is 11.5. The van der Waals surface area contributed by atoms with Crippen LogP contribution in [0.1, 0.15) is 0 Å². The summed E-state index contributed by atoms with van der Waals surface area (Å²) in [6, 6.07) is 9.39. The molecule has 3 aromatic carbocycles. The molecule has 3 rings (SSSR count). The predicted octanol–water partition coefficient (Wildman–Crippen LogP) is 4.22. The van der Waals surface area contributed by atoms with Gasteiger partial charge in [0.1, 0.15) is 5.69 Å². The number of fused-ring (bicyclic) bond motifs is 1. The van der Waals surface area contributed by atoms with Gasteiger partial charge >= 0.3 is 0 Å². The molecule has 0 aliphatic heterocycles. The molecular weight excluding hydrogens is 390 g/mol. The first-order valence-corrected chi connectivity index (χ1v) is 7.75. The molecule has 0 aromatic heterocycles. The zero-order valence-corrected chi connectivity index (χ0v) is 14.2. The van der Waals surface area contributed by atoms with Crippen LogP contribution in [-0.2, 0) is 0 Å². The first kappa shape index (κ1) is 19.1. The van der Waals surface area contributed by atoms with E-state index in [1.807, 2.05) is 0 Å². The minimum Gasteiger partial charge on any atom is -0.338 e. The van der Waals surface area contributed by atoms with Crippen LogP contribution in [0.3, 0.4) is 0 Å². The highest BCUT2D eigenvalue weighted by Crippen LogP contribution is 2.44. The first-order valence-electron chi connectivity index (χ1n) is 7.75. The second-order valence-electron chi connectivity index (χ2n) is 5.66. The molecule has 0 saturated heterocycles. The number of hydrogen-bond acceptors (Lipinski definition) is 9. The molecule has 3 aromatic rings. The molecule has 0 unspecified atom stereocenters. The van der Waals surface area contributed by atoms with Crippen molar-refractivity contribution in [2.45, 2.75) is 0 Å². The number of nitro groups is 4. The summed E-state index contributed by atoms with van der Waals surface area (Å²) in [6.07, 6.45) is 0. The molecule has 0 spiro atoms. The van der Waals surface area contributed by atoms with E-state index in [9.17, 15) is 40.5 Å². The standard InChI is InChI=1S/C16H9N5O8/c22-18(23)11-6-3-7-12(19(24)25)16(11)17-15-10-5-2-1-4-9(10)13(20(26)27)8-14(15)21(28)29/h1-8,17H. The molecular formula is C16H9N5O8. The summed E-state index contributed by atoms with van der Waals surface area (Å²) < 4.78 is 0. The fraction of sp³-hybridized carbons (Fsp3) is 0. The van der Waals surface area contributed by atoms with Gasteiger partial charge in [-0.1, -0.05) is 18.2 Å². The lowest BCUT2D eigenvalue weighted by Gasteiger charge is -2.11. The lowest BCUT2D eigenvalue weighted by atomic mass is 10.0. The van der Waals surface area contributed by atoms with Crippen LogP contribution < -0.4 is 5.32 Å². The smallest absolute Gasteiger partial charge is 0.300 e. The van der Waals surface area contributed by atoms with E-state index in [0.29, 0.717) is 6.07 Å². The average Bonchev–Trinajstić information content (AvgIpc) is 2.67. The number of hydrogen-bond donors (Lipinski definition) is 1. The van der Waals surface area contributed by atoms with Crippen LogP contribution in [0.25, 0.3) is 10.8 Å². The Morgan fingerprint density at radius 2 is 1.03 bits per heavy atom. The van der Waals surface area contributed by atoms with Crippen molar-refractivity contribution in [3.8, 4) is 0 Å². The van der Waals surface area contributed by atoms with Crippen LogP contribution in [-0.4, -0.2) is 19.7 Å². The summed E-state index contributed by atoms with van der Waals surface area (Å²) in [5.74, 6) is 0. The molecule has 0 bridgehead atoms. The van der Waals surface area contributed by atoms with Crippen molar-refractivity contribution < 1.29 is 19.7 Å². The van der Waals surface area contributed by atoms with Gasteiger partial charge in [0, 0.05) is 17.5 Å². The van der Waals surface area contributed by atoms with E-state index in [1.54, 1.807) is 0 Å². The van der Waals surface area contributed by atoms with Gasteiger partial charge in [-0.3, -0.25) is 40.5 Å². The summed E-state index contributed by atoms with van der Waals surface area (Å²) in [7, 11) is 0. The highest BCUT2D eigenvalue weighted by molar-refractivity contribution is 6.05. The number of nitro benzene ring substituents is 4. The number of rotatable bonds is 6. The molecule has 146 valence electrons. The maximum Gasteiger partial charge on any atom is 0.300 e. The third-order valence-corrected chi connectivity index (χ3v) is 4.06. The Morgan fingerprint density at radius 3 is 1.52 bits per heavy atom. The SMILES string of the molecule is O=[N+]([O-])c1cccc([N+](=O)[O-])c1Nc1c([N+](=O)[O-])cc([N+](=O)[O-])c2ccccc12. The fourth-order valence-electron chi connectivity index (χ4n) is 2.85. The molecule has 13 nitrogen and oxygen atoms in total. The van der Waals surface area contributed by atoms with Crippen molar-refractivity contribution in [3.63, 3.8) is 0 Å². The largest absolute Gasteiger partial charge is 0.338 e. The molecule has 0 fully saturated rings. The Balaban J connectivity index is 2.38. The zero-order valence-electron chi connectivity index (χ0n) is 14.2. The van der Waals surface area contributed by atoms with Crippen molar-refractivity contribution in [2.24, 2.45) is 0 Å². The Kier molecular flexibility index (Phi) is 4.70. The summed E-state index contributed by atoms with van der Waals surface area (Å²) in [6.45, 7) is 0. The van der Waals surface area contributed by atoms with E-state index in [4.69, 9.17) is 0 Å². The molecule has 1 N–H and O–H groups in total. The van der Waals surface area contributed by atoms with Gasteiger partial charge in [0.25, 0.3) is 22.7 Å². The molecule has 0 radical (unpaired) electrons. The molecule has 13 heteroatoms. The number of anilines is 2. The van der Waals surface area contributed by atoms with Crippen LogP contribution in [0.4, 0.5) is 34.1 Å². The minimum absolute atomic E-state index is 0.000786. The summed E-state index contributed by atoms with van der Waals surface area (Å²) in [5.41, 5.74) is -3.59. The van der Waals surface area contributed by atoms with Crippen molar-refractivity contribution in [3.05, 3.63) is 89.0 Å². The van der Waals surface area contributed by atoms with E-state index in [2.05, 4.69) is 5.32 Å². The Morgan fingerprint density at radius 1 is 0.552 bits per heavy atom. The van der Waals surface area contributed by atoms with Gasteiger partial charge in [0.05, 0.1) is 31.1 Å². The van der Waals surface area contributed by atoms with E-state index >= 15 is 0 Å². The minimum atomic E-state index is -0.914. The van der Waals surface area contributed by atoms with Gasteiger partial charge in [-0.2, -0.15) is 0 Å². The van der Waals surface area contributed by atoms with E-state index in [1.165, 1.54) is 24.3 Å². The predicted molar refractivity (Wildman–Crippen MR) is 100 cm³/mol. The quantitative estimate of drug-likeness (QED) is 0.468. The number of non-ortho nitro benzene ring substituents is 1. The summed E-state index contributed by atoms with van der Waals surface area (Å²) in [4.78, 5) is 42.1. The number of nitrogens with one attached hydrogen (secondary N) is 1. The van der Waals surface area contributed by atoms with Crippen molar-refractivity contribution >= 4 is 44.9 Å². The Bertz CT molecular complexity index is 1180. The van der Waals surface area contributed by atoms with Crippen LogP contribution in [0.15, 0.2) is 48.5 Å². The molecule has 0 aliphatic carbocycles. The lowest BCUT2D eigenvalue weighted by molar-refractivity contribution is -0.392. The third kappa shape index (κ3) is 3.34. The van der Waals surface area contributed by atoms with Crippen molar-refractivity contribution in [2.75, 3.05) is 5.32 Å². The second kappa shape index (κ2) is 7.15. The highest BCUT2D eigenvalue weighted by Gasteiger charge is 2.30. The molecule has 0 saturated carbocycles. The highest BCUT2D eigenvalue weighted by atomic mass is 16.6. The molecule has 0 atom stereocenters. The van der Waals surface area contributed by atoms with Crippen molar-refractivity contribution in [1.82, 2.24) is 0 Å². The van der Waals surface area contributed by atoms with Gasteiger partial charge in [0.2, 0.25) is 0 Å². The monoisotopic (exact) mass is 399 g/mol. The number of para-hydroxylation sites is 1. The fourth-order valence-corrected chi connectivity index (χ4v) is 2.85. The van der Waals surface area contributed by atoms with E-state index in [0.717, 1.165) is 18.2 Å². The Hall–Kier alpha value is -4.68. The third-order valence-electron chi connectivity index (χ3n) is 4.06. The van der Waals surface area contributed by atoms with Crippen molar-refractivity contribution in [1.29, 1.82) is 0 Å². The number of nitrogens with zero attached hydrogens (tertiary/aromatic N) is 4. The van der Waals surface area contributed by atoms with Gasteiger partial charge < -0.3 is 5.32 Å². The molecule has 0 aliphatic rings. The first-order chi connectivity index (χ1) is 13.7. The molecule has 0 heterocycles. The van der Waals surface area contributed by atoms with Gasteiger partial charge in [-0.25, -0.2) is 0 Å². The van der Waals surface area contributed by atoms with Crippen LogP contribution in [0.2, 0.25) is 0 Å². The summed E-state index contributed by atoms with van der Waals surface area (Å²) >= 11 is 0. The molecule has 0 amide bonds. The summed E-state index contributed by atoms with van der Waals surface area (Å²) in [5, 5.41) is 48.0. The van der Waals surface area contributed by atoms with Gasteiger partial charge in [-0.05, 0) is 12.1 Å². The lowest BCUT2D eigenvalue weighted by Crippen LogP contribution is -2.05. The topological polar surface area (TPSA) is 185 Å². The maximum atomic E-state index is 11.5. The Labute approximate surface area is 159 Å². The normalized spacial score (nSPS) is 10.5. The van der Waals surface area contributed by atoms with Crippen LogP contribution >= 0.6 is 0 Å². The van der Waals surface area contributed by atoms with E-state index < -0.39 is 48.1 Å².